The molecule has 1 heterocycles. The zero-order chi connectivity index (χ0) is 13.9. The van der Waals surface area contributed by atoms with Crippen LogP contribution < -0.4 is 0 Å². The average molecular weight is 256 g/mol. The molecular formula is C14H28N2O2. The first-order chi connectivity index (χ1) is 8.20. The molecule has 1 amide bonds. The molecule has 4 nitrogen and oxygen atoms in total. The van der Waals surface area contributed by atoms with Gasteiger partial charge < -0.3 is 10.0 Å². The Kier molecular flexibility index (Phi) is 5.17. The van der Waals surface area contributed by atoms with Gasteiger partial charge >= 0.3 is 0 Å². The first kappa shape index (κ1) is 15.4. The highest BCUT2D eigenvalue weighted by Crippen LogP contribution is 2.18. The first-order valence-corrected chi connectivity index (χ1v) is 6.92. The van der Waals surface area contributed by atoms with Gasteiger partial charge in [-0.1, -0.05) is 6.92 Å². The fraction of sp³-hybridized carbons (Fsp3) is 0.929. The zero-order valence-electron chi connectivity index (χ0n) is 12.4. The Morgan fingerprint density at radius 2 is 1.94 bits per heavy atom. The Morgan fingerprint density at radius 1 is 1.44 bits per heavy atom. The van der Waals surface area contributed by atoms with Crippen LogP contribution in [0.15, 0.2) is 0 Å². The number of hydrogen-bond donors (Lipinski definition) is 1. The normalized spacial score (nSPS) is 20.3. The lowest BCUT2D eigenvalue weighted by Crippen LogP contribution is -2.51. The minimum absolute atomic E-state index is 0.162. The topological polar surface area (TPSA) is 43.8 Å². The minimum atomic E-state index is -0.764. The molecule has 1 aliphatic rings. The van der Waals surface area contributed by atoms with Gasteiger partial charge in [0.15, 0.2) is 0 Å². The molecule has 0 bridgehead atoms. The van der Waals surface area contributed by atoms with Crippen LogP contribution in [-0.4, -0.2) is 59.1 Å². The summed E-state index contributed by atoms with van der Waals surface area (Å²) < 4.78 is 0. The minimum Gasteiger partial charge on any atom is -0.389 e. The predicted octanol–water partition coefficient (Wildman–Crippen LogP) is 1.34. The number of carbonyl (C=O) groups is 1. The van der Waals surface area contributed by atoms with Crippen molar-refractivity contribution in [3.05, 3.63) is 0 Å². The van der Waals surface area contributed by atoms with E-state index in [-0.39, 0.29) is 11.9 Å². The molecule has 0 aromatic heterocycles. The third kappa shape index (κ3) is 4.58. The number of likely N-dealkylation sites (N-methyl/N-ethyl adjacent to an activating group) is 1. The summed E-state index contributed by atoms with van der Waals surface area (Å²) in [6.07, 6.45) is 2.21. The lowest BCUT2D eigenvalue weighted by atomic mass is 9.98. The number of piperidine rings is 1. The molecule has 0 aromatic rings. The Bertz CT molecular complexity index is 278. The van der Waals surface area contributed by atoms with Gasteiger partial charge in [0.05, 0.1) is 11.6 Å². The van der Waals surface area contributed by atoms with Crippen LogP contribution in [0.2, 0.25) is 0 Å². The maximum absolute atomic E-state index is 12.3. The summed E-state index contributed by atoms with van der Waals surface area (Å²) in [4.78, 5) is 16.2. The van der Waals surface area contributed by atoms with Crippen LogP contribution in [0.25, 0.3) is 0 Å². The highest BCUT2D eigenvalue weighted by Gasteiger charge is 2.28. The molecule has 0 aromatic carbocycles. The van der Waals surface area contributed by atoms with Gasteiger partial charge in [-0.2, -0.15) is 0 Å². The van der Waals surface area contributed by atoms with Crippen LogP contribution in [0.5, 0.6) is 0 Å². The van der Waals surface area contributed by atoms with E-state index in [4.69, 9.17) is 0 Å². The number of carbonyl (C=O) groups excluding carboxylic acids is 1. The van der Waals surface area contributed by atoms with E-state index in [0.717, 1.165) is 31.8 Å². The Morgan fingerprint density at radius 3 is 2.39 bits per heavy atom. The number of aliphatic hydroxyl groups is 1. The molecule has 0 saturated carbocycles. The summed E-state index contributed by atoms with van der Waals surface area (Å²) in [5.41, 5.74) is -0.764. The van der Waals surface area contributed by atoms with Crippen LogP contribution in [0.1, 0.15) is 40.5 Å². The van der Waals surface area contributed by atoms with Crippen molar-refractivity contribution in [2.24, 2.45) is 5.92 Å². The van der Waals surface area contributed by atoms with E-state index in [9.17, 15) is 9.90 Å². The van der Waals surface area contributed by atoms with Crippen molar-refractivity contribution < 1.29 is 9.90 Å². The number of likely N-dealkylation sites (tertiary alicyclic amines) is 1. The number of rotatable bonds is 4. The smallest absolute Gasteiger partial charge is 0.239 e. The molecule has 0 spiro atoms. The fourth-order valence-electron chi connectivity index (χ4n) is 2.43. The molecule has 1 rings (SSSR count). The summed E-state index contributed by atoms with van der Waals surface area (Å²) in [5.74, 6) is 0.923. The molecule has 1 atom stereocenters. The Labute approximate surface area is 111 Å². The van der Waals surface area contributed by atoms with Gasteiger partial charge in [0.2, 0.25) is 5.91 Å². The van der Waals surface area contributed by atoms with Crippen molar-refractivity contribution in [1.29, 1.82) is 0 Å². The standard InChI is InChI=1S/C14H28N2O2/c1-11-6-8-16(9-7-11)13(17)12(2)15(5)10-14(3,4)18/h11-12,18H,6-10H2,1-5H3. The lowest BCUT2D eigenvalue weighted by molar-refractivity contribution is -0.138. The van der Waals surface area contributed by atoms with Gasteiger partial charge in [-0.25, -0.2) is 0 Å². The van der Waals surface area contributed by atoms with Gasteiger partial charge in [0.1, 0.15) is 0 Å². The van der Waals surface area contributed by atoms with Crippen LogP contribution in [0.4, 0.5) is 0 Å². The zero-order valence-corrected chi connectivity index (χ0v) is 12.4. The predicted molar refractivity (Wildman–Crippen MR) is 73.4 cm³/mol. The number of hydrogen-bond acceptors (Lipinski definition) is 3. The number of nitrogens with zero attached hydrogens (tertiary/aromatic N) is 2. The highest BCUT2D eigenvalue weighted by molar-refractivity contribution is 5.81. The first-order valence-electron chi connectivity index (χ1n) is 6.92. The van der Waals surface area contributed by atoms with Crippen molar-refractivity contribution >= 4 is 5.91 Å². The molecule has 18 heavy (non-hydrogen) atoms. The summed E-state index contributed by atoms with van der Waals surface area (Å²) in [7, 11) is 1.90. The molecule has 4 heteroatoms. The molecule has 106 valence electrons. The SMILES string of the molecule is CC1CCN(C(=O)C(C)N(C)CC(C)(C)O)CC1. The summed E-state index contributed by atoms with van der Waals surface area (Å²) in [6.45, 7) is 9.95. The van der Waals surface area contributed by atoms with Gasteiger partial charge in [0.25, 0.3) is 0 Å². The van der Waals surface area contributed by atoms with E-state index in [1.54, 1.807) is 13.8 Å². The maximum atomic E-state index is 12.3. The third-order valence-electron chi connectivity index (χ3n) is 3.75. The van der Waals surface area contributed by atoms with Crippen molar-refractivity contribution in [3.63, 3.8) is 0 Å². The van der Waals surface area contributed by atoms with Gasteiger partial charge in [-0.15, -0.1) is 0 Å². The average Bonchev–Trinajstić information content (AvgIpc) is 2.26. The fourth-order valence-corrected chi connectivity index (χ4v) is 2.43. The van der Waals surface area contributed by atoms with E-state index in [2.05, 4.69) is 6.92 Å². The van der Waals surface area contributed by atoms with E-state index in [0.29, 0.717) is 6.54 Å². The van der Waals surface area contributed by atoms with E-state index < -0.39 is 5.60 Å². The van der Waals surface area contributed by atoms with Crippen molar-refractivity contribution in [1.82, 2.24) is 9.80 Å². The second-order valence-corrected chi connectivity index (χ2v) is 6.41. The van der Waals surface area contributed by atoms with Gasteiger partial charge in [0, 0.05) is 19.6 Å². The molecule has 0 aliphatic carbocycles. The molecule has 1 aliphatic heterocycles. The maximum Gasteiger partial charge on any atom is 0.239 e. The Hall–Kier alpha value is -0.610. The van der Waals surface area contributed by atoms with Crippen LogP contribution in [-0.2, 0) is 4.79 Å². The molecule has 1 fully saturated rings. The van der Waals surface area contributed by atoms with Gasteiger partial charge in [-0.3, -0.25) is 9.69 Å². The van der Waals surface area contributed by atoms with Crippen LogP contribution in [0, 0.1) is 5.92 Å². The molecular weight excluding hydrogens is 228 g/mol. The summed E-state index contributed by atoms with van der Waals surface area (Å²) in [5, 5.41) is 9.80. The molecule has 1 saturated heterocycles. The molecule has 1 N–H and O–H groups in total. The summed E-state index contributed by atoms with van der Waals surface area (Å²) in [6, 6.07) is -0.162. The lowest BCUT2D eigenvalue weighted by Gasteiger charge is -2.36. The van der Waals surface area contributed by atoms with Crippen molar-refractivity contribution in [2.75, 3.05) is 26.7 Å². The summed E-state index contributed by atoms with van der Waals surface area (Å²) >= 11 is 0. The second kappa shape index (κ2) is 6.02. The van der Waals surface area contributed by atoms with E-state index >= 15 is 0 Å². The third-order valence-corrected chi connectivity index (χ3v) is 3.75. The molecule has 1 unspecified atom stereocenters. The molecule has 0 radical (unpaired) electrons. The quantitative estimate of drug-likeness (QED) is 0.825. The largest absolute Gasteiger partial charge is 0.389 e. The monoisotopic (exact) mass is 256 g/mol. The number of amides is 1. The van der Waals surface area contributed by atoms with Crippen molar-refractivity contribution in [2.45, 2.75) is 52.2 Å². The second-order valence-electron chi connectivity index (χ2n) is 6.41. The van der Waals surface area contributed by atoms with Gasteiger partial charge in [-0.05, 0) is 46.6 Å². The van der Waals surface area contributed by atoms with Crippen molar-refractivity contribution in [3.8, 4) is 0 Å². The highest BCUT2D eigenvalue weighted by atomic mass is 16.3. The van der Waals surface area contributed by atoms with E-state index in [1.807, 2.05) is 23.8 Å². The van der Waals surface area contributed by atoms with E-state index in [1.165, 1.54) is 0 Å². The Balaban J connectivity index is 2.50. The van der Waals surface area contributed by atoms with Crippen LogP contribution >= 0.6 is 0 Å². The van der Waals surface area contributed by atoms with Crippen LogP contribution in [0.3, 0.4) is 0 Å².